The minimum atomic E-state index is -3.57. The van der Waals surface area contributed by atoms with Crippen LogP contribution in [-0.4, -0.2) is 47.9 Å². The summed E-state index contributed by atoms with van der Waals surface area (Å²) in [5.41, 5.74) is 0.345. The second-order valence-corrected chi connectivity index (χ2v) is 6.88. The molecule has 130 valence electrons. The smallest absolute Gasteiger partial charge is 0.232 e. The third-order valence-electron chi connectivity index (χ3n) is 3.17. The van der Waals surface area contributed by atoms with Gasteiger partial charge in [-0.15, -0.1) is 0 Å². The van der Waals surface area contributed by atoms with Gasteiger partial charge < -0.3 is 14.8 Å². The second-order valence-electron chi connectivity index (χ2n) is 4.97. The molecular formula is C15H24N2O5S. The number of hydrogen-bond donors (Lipinski definition) is 1. The first-order valence-corrected chi connectivity index (χ1v) is 9.14. The summed E-state index contributed by atoms with van der Waals surface area (Å²) in [5, 5.41) is 2.73. The SMILES string of the molecule is CCCNC(=O)CCN(c1cc(OC)ccc1OC)S(C)(=O)=O. The molecule has 0 fully saturated rings. The predicted octanol–water partition coefficient (Wildman–Crippen LogP) is 1.39. The van der Waals surface area contributed by atoms with Gasteiger partial charge in [0.25, 0.3) is 0 Å². The molecule has 1 aromatic rings. The molecule has 1 rings (SSSR count). The van der Waals surface area contributed by atoms with E-state index in [0.29, 0.717) is 23.7 Å². The molecule has 0 unspecified atom stereocenters. The third kappa shape index (κ3) is 5.63. The van der Waals surface area contributed by atoms with Crippen molar-refractivity contribution < 1.29 is 22.7 Å². The van der Waals surface area contributed by atoms with Crippen LogP contribution in [0.4, 0.5) is 5.69 Å². The van der Waals surface area contributed by atoms with Crippen LogP contribution >= 0.6 is 0 Å². The van der Waals surface area contributed by atoms with Crippen LogP contribution in [0.2, 0.25) is 0 Å². The van der Waals surface area contributed by atoms with E-state index in [1.54, 1.807) is 18.2 Å². The molecule has 1 N–H and O–H groups in total. The van der Waals surface area contributed by atoms with Gasteiger partial charge in [-0.25, -0.2) is 8.42 Å². The largest absolute Gasteiger partial charge is 0.497 e. The summed E-state index contributed by atoms with van der Waals surface area (Å²) in [7, 11) is -0.621. The van der Waals surface area contributed by atoms with Gasteiger partial charge in [0.2, 0.25) is 15.9 Å². The van der Waals surface area contributed by atoms with E-state index in [9.17, 15) is 13.2 Å². The van der Waals surface area contributed by atoms with E-state index in [-0.39, 0.29) is 18.9 Å². The minimum absolute atomic E-state index is 0.0257. The number of carbonyl (C=O) groups excluding carboxylic acids is 1. The molecule has 0 heterocycles. The lowest BCUT2D eigenvalue weighted by Gasteiger charge is -2.24. The molecule has 1 amide bonds. The van der Waals surface area contributed by atoms with E-state index in [4.69, 9.17) is 9.47 Å². The van der Waals surface area contributed by atoms with Crippen molar-refractivity contribution in [3.8, 4) is 11.5 Å². The standard InChI is InChI=1S/C15H24N2O5S/c1-5-9-16-15(18)8-10-17(23(4,19)20)13-11-12(21-2)6-7-14(13)22-3/h6-7,11H,5,8-10H2,1-4H3,(H,16,18). The zero-order valence-electron chi connectivity index (χ0n) is 14.0. The first kappa shape index (κ1) is 19.1. The molecule has 0 aromatic heterocycles. The van der Waals surface area contributed by atoms with Gasteiger partial charge in [-0.1, -0.05) is 6.92 Å². The van der Waals surface area contributed by atoms with E-state index in [1.165, 1.54) is 14.2 Å². The van der Waals surface area contributed by atoms with Crippen LogP contribution in [0.3, 0.4) is 0 Å². The molecule has 0 atom stereocenters. The molecule has 0 saturated carbocycles. The number of nitrogens with zero attached hydrogens (tertiary/aromatic N) is 1. The van der Waals surface area contributed by atoms with E-state index in [1.807, 2.05) is 6.92 Å². The first-order valence-electron chi connectivity index (χ1n) is 7.30. The summed E-state index contributed by atoms with van der Waals surface area (Å²) in [4.78, 5) is 11.8. The van der Waals surface area contributed by atoms with Gasteiger partial charge in [0.15, 0.2) is 0 Å². The topological polar surface area (TPSA) is 84.9 Å². The molecular weight excluding hydrogens is 320 g/mol. The highest BCUT2D eigenvalue weighted by molar-refractivity contribution is 7.92. The Balaban J connectivity index is 3.06. The Morgan fingerprint density at radius 2 is 1.96 bits per heavy atom. The fourth-order valence-corrected chi connectivity index (χ4v) is 2.94. The molecule has 0 spiro atoms. The van der Waals surface area contributed by atoms with Gasteiger partial charge in [0.1, 0.15) is 11.5 Å². The summed E-state index contributed by atoms with van der Waals surface area (Å²) in [5.74, 6) is 0.706. The van der Waals surface area contributed by atoms with Crippen molar-refractivity contribution in [3.05, 3.63) is 18.2 Å². The van der Waals surface area contributed by atoms with Gasteiger partial charge in [-0.3, -0.25) is 9.10 Å². The van der Waals surface area contributed by atoms with E-state index in [2.05, 4.69) is 5.32 Å². The van der Waals surface area contributed by atoms with Crippen molar-refractivity contribution in [1.29, 1.82) is 0 Å². The molecule has 0 aliphatic carbocycles. The number of amides is 1. The molecule has 0 saturated heterocycles. The highest BCUT2D eigenvalue weighted by Crippen LogP contribution is 2.33. The number of hydrogen-bond acceptors (Lipinski definition) is 5. The zero-order valence-corrected chi connectivity index (χ0v) is 14.8. The first-order chi connectivity index (χ1) is 10.8. The highest BCUT2D eigenvalue weighted by Gasteiger charge is 2.22. The quantitative estimate of drug-likeness (QED) is 0.732. The Morgan fingerprint density at radius 1 is 1.26 bits per heavy atom. The summed E-state index contributed by atoms with van der Waals surface area (Å²) in [6.07, 6.45) is 1.98. The number of methoxy groups -OCH3 is 2. The number of carbonyl (C=O) groups is 1. The molecule has 0 bridgehead atoms. The Morgan fingerprint density at radius 3 is 2.48 bits per heavy atom. The maximum Gasteiger partial charge on any atom is 0.232 e. The summed E-state index contributed by atoms with van der Waals surface area (Å²) >= 11 is 0. The average molecular weight is 344 g/mol. The fourth-order valence-electron chi connectivity index (χ4n) is 2.01. The van der Waals surface area contributed by atoms with Crippen LogP contribution in [0.25, 0.3) is 0 Å². The fraction of sp³-hybridized carbons (Fsp3) is 0.533. The van der Waals surface area contributed by atoms with Crippen molar-refractivity contribution in [2.75, 3.05) is 37.9 Å². The molecule has 7 nitrogen and oxygen atoms in total. The van der Waals surface area contributed by atoms with Crippen LogP contribution in [0, 0.1) is 0 Å². The van der Waals surface area contributed by atoms with Gasteiger partial charge >= 0.3 is 0 Å². The summed E-state index contributed by atoms with van der Waals surface area (Å²) < 4.78 is 35.8. The molecule has 0 aliphatic rings. The number of benzene rings is 1. The number of nitrogens with one attached hydrogen (secondary N) is 1. The van der Waals surface area contributed by atoms with Gasteiger partial charge in [0, 0.05) is 25.6 Å². The number of anilines is 1. The van der Waals surface area contributed by atoms with Crippen molar-refractivity contribution in [3.63, 3.8) is 0 Å². The van der Waals surface area contributed by atoms with Crippen LogP contribution < -0.4 is 19.1 Å². The minimum Gasteiger partial charge on any atom is -0.497 e. The molecule has 0 radical (unpaired) electrons. The monoisotopic (exact) mass is 344 g/mol. The van der Waals surface area contributed by atoms with Gasteiger partial charge in [0.05, 0.1) is 26.2 Å². The number of ether oxygens (including phenoxy) is 2. The Kier molecular flexibility index (Phi) is 7.15. The van der Waals surface area contributed by atoms with Crippen LogP contribution in [0.1, 0.15) is 19.8 Å². The maximum absolute atomic E-state index is 12.1. The van der Waals surface area contributed by atoms with Crippen molar-refractivity contribution in [2.45, 2.75) is 19.8 Å². The molecule has 8 heteroatoms. The van der Waals surface area contributed by atoms with Crippen LogP contribution in [0.15, 0.2) is 18.2 Å². The van der Waals surface area contributed by atoms with Crippen LogP contribution in [0.5, 0.6) is 11.5 Å². The number of rotatable bonds is 9. The lowest BCUT2D eigenvalue weighted by Crippen LogP contribution is -2.35. The number of sulfonamides is 1. The maximum atomic E-state index is 12.1. The molecule has 23 heavy (non-hydrogen) atoms. The normalized spacial score (nSPS) is 11.0. The Bertz CT molecular complexity index is 631. The van der Waals surface area contributed by atoms with Gasteiger partial charge in [-0.2, -0.15) is 0 Å². The predicted molar refractivity (Wildman–Crippen MR) is 89.7 cm³/mol. The lowest BCUT2D eigenvalue weighted by atomic mass is 10.2. The summed E-state index contributed by atoms with van der Waals surface area (Å²) in [6, 6.07) is 4.88. The second kappa shape index (κ2) is 8.61. The molecule has 0 aliphatic heterocycles. The lowest BCUT2D eigenvalue weighted by molar-refractivity contribution is -0.120. The Hall–Kier alpha value is -1.96. The van der Waals surface area contributed by atoms with Crippen LogP contribution in [-0.2, 0) is 14.8 Å². The van der Waals surface area contributed by atoms with Crippen molar-refractivity contribution in [1.82, 2.24) is 5.32 Å². The van der Waals surface area contributed by atoms with Crippen molar-refractivity contribution >= 4 is 21.6 Å². The Labute approximate surface area is 137 Å². The molecule has 1 aromatic carbocycles. The zero-order chi connectivity index (χ0) is 17.5. The van der Waals surface area contributed by atoms with E-state index < -0.39 is 10.0 Å². The van der Waals surface area contributed by atoms with E-state index >= 15 is 0 Å². The average Bonchev–Trinajstić information content (AvgIpc) is 2.51. The highest BCUT2D eigenvalue weighted by atomic mass is 32.2. The summed E-state index contributed by atoms with van der Waals surface area (Å²) in [6.45, 7) is 2.54. The third-order valence-corrected chi connectivity index (χ3v) is 4.35. The van der Waals surface area contributed by atoms with E-state index in [0.717, 1.165) is 17.0 Å². The van der Waals surface area contributed by atoms with Crippen molar-refractivity contribution in [2.24, 2.45) is 0 Å². The van der Waals surface area contributed by atoms with Gasteiger partial charge in [-0.05, 0) is 18.6 Å².